The summed E-state index contributed by atoms with van der Waals surface area (Å²) in [4.78, 5) is 15.0. The van der Waals surface area contributed by atoms with Crippen LogP contribution in [0.25, 0.3) is 22.0 Å². The number of fused-ring (bicyclic) bond motifs is 1. The lowest BCUT2D eigenvalue weighted by Crippen LogP contribution is -2.34. The Labute approximate surface area is 175 Å². The predicted octanol–water partition coefficient (Wildman–Crippen LogP) is 4.29. The molecule has 6 nitrogen and oxygen atoms in total. The van der Waals surface area contributed by atoms with Crippen molar-refractivity contribution in [2.45, 2.75) is 32.9 Å². The van der Waals surface area contributed by atoms with Crippen LogP contribution < -0.4 is 0 Å². The Bertz CT molecular complexity index is 1190. The van der Waals surface area contributed by atoms with E-state index < -0.39 is 0 Å². The lowest BCUT2D eigenvalue weighted by atomic mass is 10.1. The summed E-state index contributed by atoms with van der Waals surface area (Å²) in [5.41, 5.74) is 5.21. The summed E-state index contributed by atoms with van der Waals surface area (Å²) < 4.78 is 2.08. The lowest BCUT2D eigenvalue weighted by molar-refractivity contribution is 0.0742. The lowest BCUT2D eigenvalue weighted by Gasteiger charge is -2.21. The van der Waals surface area contributed by atoms with Crippen LogP contribution in [0.3, 0.4) is 0 Å². The first-order chi connectivity index (χ1) is 14.6. The van der Waals surface area contributed by atoms with Gasteiger partial charge in [-0.15, -0.1) is 0 Å². The molecule has 1 fully saturated rings. The number of hydrogen-bond donors (Lipinski definition) is 1. The summed E-state index contributed by atoms with van der Waals surface area (Å²) in [6, 6.07) is 14.5. The Hall–Kier alpha value is -3.41. The molecule has 6 heteroatoms. The third kappa shape index (κ3) is 3.38. The molecule has 1 aliphatic rings. The first-order valence-electron chi connectivity index (χ1n) is 10.4. The van der Waals surface area contributed by atoms with Gasteiger partial charge >= 0.3 is 0 Å². The van der Waals surface area contributed by atoms with Crippen LogP contribution in [0.1, 0.15) is 29.3 Å². The highest BCUT2D eigenvalue weighted by molar-refractivity contribution is 5.94. The average Bonchev–Trinajstić information content (AvgIpc) is 3.48. The number of carbonyl (C=O) groups excluding carboxylic acids is 1. The second-order valence-electron chi connectivity index (χ2n) is 8.36. The highest BCUT2D eigenvalue weighted by atomic mass is 16.2. The first kappa shape index (κ1) is 18.6. The third-order valence-electron chi connectivity index (χ3n) is 6.09. The largest absolute Gasteiger partial charge is 0.336 e. The molecule has 1 saturated heterocycles. The Morgan fingerprint density at radius 1 is 1.17 bits per heavy atom. The van der Waals surface area contributed by atoms with Gasteiger partial charge in [0.1, 0.15) is 0 Å². The standard InChI is InChI=1S/C24H25N5O/c1-16-4-3-5-20(8-16)24(30)28-14-18(9-17(28)2)15-29-23-7-6-19(10-21(23)13-27-29)22-11-25-26-12-22/h3-8,10-13,17-18H,9,14-15H2,1-2H3,(H,25,26). The van der Waals surface area contributed by atoms with Gasteiger partial charge in [-0.3, -0.25) is 14.6 Å². The van der Waals surface area contributed by atoms with Gasteiger partial charge in [0.25, 0.3) is 5.91 Å². The number of aryl methyl sites for hydroxylation is 1. The maximum atomic E-state index is 13.0. The molecule has 5 rings (SSSR count). The highest BCUT2D eigenvalue weighted by Crippen LogP contribution is 2.28. The molecule has 1 N–H and O–H groups in total. The van der Waals surface area contributed by atoms with Crippen LogP contribution in [0, 0.1) is 12.8 Å². The minimum atomic E-state index is 0.128. The second kappa shape index (κ2) is 7.44. The predicted molar refractivity (Wildman–Crippen MR) is 117 cm³/mol. The van der Waals surface area contributed by atoms with Crippen molar-refractivity contribution in [1.82, 2.24) is 24.9 Å². The molecule has 152 valence electrons. The normalized spacial score (nSPS) is 18.9. The molecular weight excluding hydrogens is 374 g/mol. The van der Waals surface area contributed by atoms with Gasteiger partial charge in [0.05, 0.1) is 17.9 Å². The number of hydrogen-bond acceptors (Lipinski definition) is 3. The Kier molecular flexibility index (Phi) is 4.62. The summed E-state index contributed by atoms with van der Waals surface area (Å²) in [5.74, 6) is 0.522. The van der Waals surface area contributed by atoms with Gasteiger partial charge in [0.2, 0.25) is 0 Å². The maximum Gasteiger partial charge on any atom is 0.254 e. The topological polar surface area (TPSA) is 66.8 Å². The smallest absolute Gasteiger partial charge is 0.254 e. The third-order valence-corrected chi connectivity index (χ3v) is 6.09. The van der Waals surface area contributed by atoms with Crippen molar-refractivity contribution < 1.29 is 4.79 Å². The van der Waals surface area contributed by atoms with Crippen molar-refractivity contribution in [2.24, 2.45) is 5.92 Å². The van der Waals surface area contributed by atoms with Gasteiger partial charge in [-0.05, 0) is 56.0 Å². The number of likely N-dealkylation sites (tertiary alicyclic amines) is 1. The molecule has 2 aromatic carbocycles. The molecule has 2 aromatic heterocycles. The number of rotatable bonds is 4. The number of H-pyrrole nitrogens is 1. The van der Waals surface area contributed by atoms with Gasteiger partial charge < -0.3 is 4.90 Å². The number of amides is 1. The van der Waals surface area contributed by atoms with Crippen molar-refractivity contribution in [3.63, 3.8) is 0 Å². The zero-order valence-corrected chi connectivity index (χ0v) is 17.2. The maximum absolute atomic E-state index is 13.0. The summed E-state index contributed by atoms with van der Waals surface area (Å²) >= 11 is 0. The molecule has 2 unspecified atom stereocenters. The number of nitrogens with one attached hydrogen (secondary N) is 1. The average molecular weight is 399 g/mol. The van der Waals surface area contributed by atoms with E-state index in [1.807, 2.05) is 54.7 Å². The van der Waals surface area contributed by atoms with Crippen LogP contribution in [-0.4, -0.2) is 43.4 Å². The minimum absolute atomic E-state index is 0.128. The van der Waals surface area contributed by atoms with Crippen LogP contribution in [0.15, 0.2) is 61.1 Å². The van der Waals surface area contributed by atoms with Crippen LogP contribution in [0.4, 0.5) is 0 Å². The Balaban J connectivity index is 1.33. The fourth-order valence-electron chi connectivity index (χ4n) is 4.57. The van der Waals surface area contributed by atoms with E-state index in [-0.39, 0.29) is 11.9 Å². The quantitative estimate of drug-likeness (QED) is 0.557. The first-order valence-corrected chi connectivity index (χ1v) is 10.4. The molecule has 0 aliphatic carbocycles. The van der Waals surface area contributed by atoms with E-state index >= 15 is 0 Å². The zero-order chi connectivity index (χ0) is 20.7. The van der Waals surface area contributed by atoms with Gasteiger partial charge in [0, 0.05) is 41.8 Å². The number of nitrogens with zero attached hydrogens (tertiary/aromatic N) is 4. The van der Waals surface area contributed by atoms with Crippen LogP contribution in [0.5, 0.6) is 0 Å². The van der Waals surface area contributed by atoms with E-state index in [2.05, 4.69) is 45.1 Å². The van der Waals surface area contributed by atoms with E-state index in [1.54, 1.807) is 0 Å². The molecule has 3 heterocycles. The summed E-state index contributed by atoms with van der Waals surface area (Å²) in [6.07, 6.45) is 6.63. The zero-order valence-electron chi connectivity index (χ0n) is 17.2. The van der Waals surface area contributed by atoms with Crippen LogP contribution >= 0.6 is 0 Å². The summed E-state index contributed by atoms with van der Waals surface area (Å²) in [7, 11) is 0. The van der Waals surface area contributed by atoms with Gasteiger partial charge in [-0.2, -0.15) is 10.2 Å². The molecule has 1 amide bonds. The van der Waals surface area contributed by atoms with Crippen molar-refractivity contribution in [1.29, 1.82) is 0 Å². The summed E-state index contributed by atoms with van der Waals surface area (Å²) in [5, 5.41) is 12.6. The van der Waals surface area contributed by atoms with E-state index in [1.165, 1.54) is 0 Å². The van der Waals surface area contributed by atoms with Gasteiger partial charge in [0.15, 0.2) is 0 Å². The Morgan fingerprint density at radius 2 is 2.07 bits per heavy atom. The number of carbonyl (C=O) groups is 1. The van der Waals surface area contributed by atoms with Crippen molar-refractivity contribution in [3.8, 4) is 11.1 Å². The monoisotopic (exact) mass is 399 g/mol. The molecule has 0 spiro atoms. The van der Waals surface area contributed by atoms with Gasteiger partial charge in [-0.25, -0.2) is 0 Å². The minimum Gasteiger partial charge on any atom is -0.336 e. The number of benzene rings is 2. The van der Waals surface area contributed by atoms with Gasteiger partial charge in [-0.1, -0.05) is 23.8 Å². The van der Waals surface area contributed by atoms with E-state index in [9.17, 15) is 4.79 Å². The molecule has 1 aliphatic heterocycles. The molecular formula is C24H25N5O. The van der Waals surface area contributed by atoms with Crippen LogP contribution in [-0.2, 0) is 6.54 Å². The second-order valence-corrected chi connectivity index (χ2v) is 8.36. The van der Waals surface area contributed by atoms with Crippen molar-refractivity contribution >= 4 is 16.8 Å². The molecule has 4 aromatic rings. The van der Waals surface area contributed by atoms with Crippen molar-refractivity contribution in [3.05, 3.63) is 72.2 Å². The molecule has 2 atom stereocenters. The SMILES string of the molecule is Cc1cccc(C(=O)N2CC(Cn3ncc4cc(-c5cn[nH]c5)ccc43)CC2C)c1. The van der Waals surface area contributed by atoms with Crippen molar-refractivity contribution in [2.75, 3.05) is 6.54 Å². The number of aromatic nitrogens is 4. The van der Waals surface area contributed by atoms with E-state index in [0.29, 0.717) is 5.92 Å². The summed E-state index contributed by atoms with van der Waals surface area (Å²) in [6.45, 7) is 5.75. The molecule has 0 radical (unpaired) electrons. The van der Waals surface area contributed by atoms with Crippen LogP contribution in [0.2, 0.25) is 0 Å². The van der Waals surface area contributed by atoms with E-state index in [0.717, 1.165) is 52.7 Å². The molecule has 0 saturated carbocycles. The van der Waals surface area contributed by atoms with E-state index in [4.69, 9.17) is 0 Å². The fraction of sp³-hybridized carbons (Fsp3) is 0.292. The molecule has 30 heavy (non-hydrogen) atoms. The Morgan fingerprint density at radius 3 is 2.87 bits per heavy atom. The molecule has 0 bridgehead atoms. The fourth-order valence-corrected chi connectivity index (χ4v) is 4.57. The number of aromatic amines is 1. The highest BCUT2D eigenvalue weighted by Gasteiger charge is 2.33.